The summed E-state index contributed by atoms with van der Waals surface area (Å²) in [5, 5.41) is 5.47. The number of carbonyl (C=O) groups is 1. The number of nitrogens with one attached hydrogen (secondary N) is 2. The predicted octanol–water partition coefficient (Wildman–Crippen LogP) is 1.36. The molecule has 0 aliphatic carbocycles. The zero-order chi connectivity index (χ0) is 17.4. The van der Waals surface area contributed by atoms with Gasteiger partial charge in [0.05, 0.1) is 19.3 Å². The second-order valence-electron chi connectivity index (χ2n) is 5.64. The van der Waals surface area contributed by atoms with Crippen molar-refractivity contribution in [1.29, 1.82) is 0 Å². The molecule has 1 aliphatic heterocycles. The van der Waals surface area contributed by atoms with Crippen molar-refractivity contribution in [3.05, 3.63) is 29.8 Å². The zero-order valence-electron chi connectivity index (χ0n) is 13.7. The summed E-state index contributed by atoms with van der Waals surface area (Å²) in [6.07, 6.45) is 0. The average Bonchev–Trinajstić information content (AvgIpc) is 2.55. The summed E-state index contributed by atoms with van der Waals surface area (Å²) in [4.78, 5) is 14.0. The molecule has 0 radical (unpaired) electrons. The Balaban J connectivity index is 1.62. The number of amides is 2. The molecule has 1 fully saturated rings. The summed E-state index contributed by atoms with van der Waals surface area (Å²) in [6.45, 7) is 6.31. The fraction of sp³-hybridized carbons (Fsp3) is 0.562. The van der Waals surface area contributed by atoms with Crippen LogP contribution in [0.15, 0.2) is 18.2 Å². The maximum absolute atomic E-state index is 13.4. The number of benzene rings is 1. The molecule has 0 bridgehead atoms. The number of carbonyl (C=O) groups excluding carboxylic acids is 1. The molecule has 0 saturated carbocycles. The highest BCUT2D eigenvalue weighted by atomic mass is 19.1. The zero-order valence-corrected chi connectivity index (χ0v) is 13.7. The van der Waals surface area contributed by atoms with Crippen molar-refractivity contribution in [3.8, 4) is 5.75 Å². The lowest BCUT2D eigenvalue weighted by molar-refractivity contribution is 0.0387. The Bertz CT molecular complexity index is 539. The first-order valence-electron chi connectivity index (χ1n) is 7.97. The second kappa shape index (κ2) is 9.39. The highest BCUT2D eigenvalue weighted by Crippen LogP contribution is 2.17. The van der Waals surface area contributed by atoms with Gasteiger partial charge in [-0.25, -0.2) is 13.6 Å². The van der Waals surface area contributed by atoms with E-state index < -0.39 is 11.6 Å². The molecule has 1 saturated heterocycles. The highest BCUT2D eigenvalue weighted by Gasteiger charge is 2.12. The van der Waals surface area contributed by atoms with Gasteiger partial charge in [0.15, 0.2) is 11.6 Å². The van der Waals surface area contributed by atoms with Crippen molar-refractivity contribution in [1.82, 2.24) is 15.5 Å². The maximum Gasteiger partial charge on any atom is 0.315 e. The van der Waals surface area contributed by atoms with Gasteiger partial charge in [-0.2, -0.15) is 0 Å². The molecule has 1 aliphatic rings. The SMILES string of the molecule is C[C@@H](COc1ccc(F)cc1F)NC(=O)NCCN1CCOCC1. The van der Waals surface area contributed by atoms with E-state index in [-0.39, 0.29) is 24.4 Å². The highest BCUT2D eigenvalue weighted by molar-refractivity contribution is 5.74. The van der Waals surface area contributed by atoms with Crippen molar-refractivity contribution in [2.75, 3.05) is 46.0 Å². The average molecular weight is 343 g/mol. The summed E-state index contributed by atoms with van der Waals surface area (Å²) in [5.41, 5.74) is 0. The Kier molecular flexibility index (Phi) is 7.20. The van der Waals surface area contributed by atoms with Crippen molar-refractivity contribution in [3.63, 3.8) is 0 Å². The van der Waals surface area contributed by atoms with Crippen molar-refractivity contribution in [2.24, 2.45) is 0 Å². The van der Waals surface area contributed by atoms with Crippen molar-refractivity contribution in [2.45, 2.75) is 13.0 Å². The molecule has 8 heteroatoms. The Labute approximate surface area is 140 Å². The Morgan fingerprint density at radius 1 is 1.38 bits per heavy atom. The number of rotatable bonds is 7. The number of hydrogen-bond acceptors (Lipinski definition) is 4. The minimum Gasteiger partial charge on any atom is -0.488 e. The normalized spacial score (nSPS) is 16.5. The number of ether oxygens (including phenoxy) is 2. The second-order valence-corrected chi connectivity index (χ2v) is 5.64. The molecule has 2 amide bonds. The molecule has 1 heterocycles. The summed E-state index contributed by atoms with van der Waals surface area (Å²) in [5.74, 6) is -1.47. The van der Waals surface area contributed by atoms with E-state index in [2.05, 4.69) is 15.5 Å². The Morgan fingerprint density at radius 2 is 2.12 bits per heavy atom. The smallest absolute Gasteiger partial charge is 0.315 e. The van der Waals surface area contributed by atoms with Gasteiger partial charge in [-0.15, -0.1) is 0 Å². The third-order valence-corrected chi connectivity index (χ3v) is 3.58. The first-order valence-corrected chi connectivity index (χ1v) is 7.97. The molecule has 2 rings (SSSR count). The van der Waals surface area contributed by atoms with Crippen LogP contribution in [-0.4, -0.2) is 63.0 Å². The van der Waals surface area contributed by atoms with E-state index in [9.17, 15) is 13.6 Å². The van der Waals surface area contributed by atoms with Gasteiger partial charge >= 0.3 is 6.03 Å². The minimum absolute atomic E-state index is 0.0437. The van der Waals surface area contributed by atoms with E-state index in [4.69, 9.17) is 9.47 Å². The first kappa shape index (κ1) is 18.4. The lowest BCUT2D eigenvalue weighted by Gasteiger charge is -2.26. The van der Waals surface area contributed by atoms with E-state index in [0.717, 1.165) is 45.0 Å². The van der Waals surface area contributed by atoms with Gasteiger partial charge in [0.1, 0.15) is 12.4 Å². The van der Waals surface area contributed by atoms with Gasteiger partial charge in [-0.3, -0.25) is 4.90 Å². The molecule has 134 valence electrons. The van der Waals surface area contributed by atoms with Crippen LogP contribution >= 0.6 is 0 Å². The number of nitrogens with zero attached hydrogens (tertiary/aromatic N) is 1. The van der Waals surface area contributed by atoms with Gasteiger partial charge in [-0.1, -0.05) is 0 Å². The molecule has 1 aromatic carbocycles. The van der Waals surface area contributed by atoms with Crippen LogP contribution in [0, 0.1) is 11.6 Å². The largest absolute Gasteiger partial charge is 0.488 e. The number of halogens is 2. The molecule has 0 spiro atoms. The van der Waals surface area contributed by atoms with Crippen LogP contribution < -0.4 is 15.4 Å². The summed E-state index contributed by atoms with van der Waals surface area (Å²) >= 11 is 0. The van der Waals surface area contributed by atoms with Gasteiger partial charge in [-0.05, 0) is 19.1 Å². The van der Waals surface area contributed by atoms with E-state index in [1.807, 2.05) is 0 Å². The molecule has 2 N–H and O–H groups in total. The van der Waals surface area contributed by atoms with Gasteiger partial charge in [0, 0.05) is 32.2 Å². The van der Waals surface area contributed by atoms with Crippen LogP contribution in [0.3, 0.4) is 0 Å². The quantitative estimate of drug-likeness (QED) is 0.785. The van der Waals surface area contributed by atoms with Crippen LogP contribution in [0.25, 0.3) is 0 Å². The first-order chi connectivity index (χ1) is 11.5. The Morgan fingerprint density at radius 3 is 2.83 bits per heavy atom. The van der Waals surface area contributed by atoms with Crippen molar-refractivity contribution < 1.29 is 23.0 Å². The minimum atomic E-state index is -0.767. The van der Waals surface area contributed by atoms with Gasteiger partial charge in [0.2, 0.25) is 0 Å². The summed E-state index contributed by atoms with van der Waals surface area (Å²) < 4.78 is 36.7. The maximum atomic E-state index is 13.4. The number of morpholine rings is 1. The lowest BCUT2D eigenvalue weighted by atomic mass is 10.3. The predicted molar refractivity (Wildman–Crippen MR) is 85.1 cm³/mol. The summed E-state index contributed by atoms with van der Waals surface area (Å²) in [6, 6.07) is 2.47. The summed E-state index contributed by atoms with van der Waals surface area (Å²) in [7, 11) is 0. The molecule has 1 aromatic rings. The van der Waals surface area contributed by atoms with Crippen LogP contribution in [0.2, 0.25) is 0 Å². The standard InChI is InChI=1S/C16H23F2N3O3/c1-12(11-24-15-3-2-13(17)10-14(15)18)20-16(22)19-4-5-21-6-8-23-9-7-21/h2-3,10,12H,4-9,11H2,1H3,(H2,19,20,22)/t12-/m0/s1. The van der Waals surface area contributed by atoms with Crippen LogP contribution in [0.4, 0.5) is 13.6 Å². The van der Waals surface area contributed by atoms with E-state index in [1.165, 1.54) is 6.07 Å². The van der Waals surface area contributed by atoms with Crippen LogP contribution in [0.5, 0.6) is 5.75 Å². The third kappa shape index (κ3) is 6.29. The molecule has 0 unspecified atom stereocenters. The Hall–Kier alpha value is -1.93. The van der Waals surface area contributed by atoms with Crippen LogP contribution in [0.1, 0.15) is 6.92 Å². The topological polar surface area (TPSA) is 62.8 Å². The van der Waals surface area contributed by atoms with Gasteiger partial charge < -0.3 is 20.1 Å². The third-order valence-electron chi connectivity index (χ3n) is 3.58. The molecular formula is C16H23F2N3O3. The molecule has 6 nitrogen and oxygen atoms in total. The monoisotopic (exact) mass is 343 g/mol. The van der Waals surface area contributed by atoms with Gasteiger partial charge in [0.25, 0.3) is 0 Å². The van der Waals surface area contributed by atoms with Crippen LogP contribution in [-0.2, 0) is 4.74 Å². The molecule has 0 aromatic heterocycles. The van der Waals surface area contributed by atoms with E-state index in [0.29, 0.717) is 6.54 Å². The lowest BCUT2D eigenvalue weighted by Crippen LogP contribution is -2.46. The number of urea groups is 1. The fourth-order valence-electron chi connectivity index (χ4n) is 2.28. The van der Waals surface area contributed by atoms with E-state index in [1.54, 1.807) is 6.92 Å². The number of hydrogen-bond donors (Lipinski definition) is 2. The molecular weight excluding hydrogens is 320 g/mol. The molecule has 24 heavy (non-hydrogen) atoms. The van der Waals surface area contributed by atoms with Crippen molar-refractivity contribution >= 4 is 6.03 Å². The fourth-order valence-corrected chi connectivity index (χ4v) is 2.28. The molecule has 1 atom stereocenters. The van der Waals surface area contributed by atoms with E-state index >= 15 is 0 Å².